The van der Waals surface area contributed by atoms with Crippen LogP contribution in [0.15, 0.2) is 60.7 Å². The monoisotopic (exact) mass is 890 g/mol. The molecule has 342 valence electrons. The lowest BCUT2D eigenvalue weighted by molar-refractivity contribution is 0.132. The van der Waals surface area contributed by atoms with Crippen molar-refractivity contribution in [1.29, 1.82) is 0 Å². The zero-order chi connectivity index (χ0) is 47.1. The van der Waals surface area contributed by atoms with Crippen LogP contribution in [0.1, 0.15) is 164 Å². The highest BCUT2D eigenvalue weighted by Gasteiger charge is 2.30. The van der Waals surface area contributed by atoms with Gasteiger partial charge in [0.2, 0.25) is 0 Å². The van der Waals surface area contributed by atoms with Crippen molar-refractivity contribution in [2.24, 2.45) is 10.8 Å². The molecule has 3 N–H and O–H groups in total. The SMILES string of the molecule is CC(C)(C)CC(C)(C)c1ccc(N(C(=S)NC(=O)OCCCCOC(=O)NC(=S)OCc2cc(C(C)(C)C)c(O)c(C(C)(C)C)c2)c2ccc(C(C)(C)CC(C)(C)C)cc2)cc1. The minimum Gasteiger partial charge on any atom is -0.507 e. The highest BCUT2D eigenvalue weighted by molar-refractivity contribution is 7.80. The summed E-state index contributed by atoms with van der Waals surface area (Å²) in [6, 6.07) is 20.6. The molecule has 0 radical (unpaired) electrons. The number of anilines is 2. The Morgan fingerprint density at radius 1 is 0.581 bits per heavy atom. The van der Waals surface area contributed by atoms with E-state index in [4.69, 9.17) is 38.6 Å². The van der Waals surface area contributed by atoms with Gasteiger partial charge in [0.1, 0.15) is 12.4 Å². The van der Waals surface area contributed by atoms with Gasteiger partial charge in [-0.1, -0.05) is 135 Å². The molecule has 0 aromatic heterocycles. The number of unbranched alkanes of at least 4 members (excludes halogenated alkanes) is 1. The first-order valence-corrected chi connectivity index (χ1v) is 22.6. The van der Waals surface area contributed by atoms with E-state index in [2.05, 4.69) is 104 Å². The van der Waals surface area contributed by atoms with Gasteiger partial charge in [0.05, 0.1) is 13.2 Å². The molecule has 62 heavy (non-hydrogen) atoms. The molecular formula is C51H75N3O6S2. The molecule has 0 spiro atoms. The number of carbonyl (C=O) groups excluding carboxylic acids is 2. The molecule has 0 bridgehead atoms. The van der Waals surface area contributed by atoms with Crippen molar-refractivity contribution < 1.29 is 28.9 Å². The van der Waals surface area contributed by atoms with Crippen molar-refractivity contribution >= 4 is 58.3 Å². The van der Waals surface area contributed by atoms with Crippen LogP contribution in [0, 0.1) is 10.8 Å². The first-order chi connectivity index (χ1) is 28.3. The summed E-state index contributed by atoms with van der Waals surface area (Å²) >= 11 is 11.1. The standard InChI is InChI=1S/C51H75N3O6S2/c1-46(2,3)32-50(13,14)35-19-23-37(24-20-35)54(38-25-21-36(22-26-38)51(15,16)33-47(4,5)6)42(61)52-43(56)58-27-17-18-28-59-44(57)53-45(62)60-31-34-29-39(48(7,8)9)41(55)40(30-34)49(10,11)12/h19-26,29-30,55H,17-18,27-28,31-33H2,1-16H3,(H,52,56,61)(H,53,57,62). The quantitative estimate of drug-likeness (QED) is 0.114. The van der Waals surface area contributed by atoms with Crippen LogP contribution in [0.4, 0.5) is 21.0 Å². The number of ether oxygens (including phenoxy) is 3. The summed E-state index contributed by atoms with van der Waals surface area (Å²) in [5.74, 6) is 0.278. The van der Waals surface area contributed by atoms with E-state index in [0.717, 1.165) is 40.9 Å². The number of rotatable bonds is 13. The number of phenolic OH excluding ortho intramolecular Hbond substituents is 1. The van der Waals surface area contributed by atoms with Crippen LogP contribution in [-0.2, 0) is 42.5 Å². The van der Waals surface area contributed by atoms with Gasteiger partial charge in [-0.05, 0) is 147 Å². The molecule has 3 aromatic rings. The Bertz CT molecular complexity index is 1910. The Labute approximate surface area is 384 Å². The van der Waals surface area contributed by atoms with Crippen molar-refractivity contribution in [3.8, 4) is 5.75 Å². The Morgan fingerprint density at radius 2 is 0.952 bits per heavy atom. The second kappa shape index (κ2) is 20.5. The number of carbonyl (C=O) groups is 2. The van der Waals surface area contributed by atoms with Crippen LogP contribution in [-0.4, -0.2) is 40.8 Å². The highest BCUT2D eigenvalue weighted by atomic mass is 32.1. The highest BCUT2D eigenvalue weighted by Crippen LogP contribution is 2.41. The van der Waals surface area contributed by atoms with E-state index in [1.54, 1.807) is 0 Å². The van der Waals surface area contributed by atoms with Crippen LogP contribution < -0.4 is 15.5 Å². The van der Waals surface area contributed by atoms with E-state index in [9.17, 15) is 14.7 Å². The molecular weight excluding hydrogens is 815 g/mol. The third-order valence-electron chi connectivity index (χ3n) is 10.5. The van der Waals surface area contributed by atoms with Gasteiger partial charge >= 0.3 is 12.2 Å². The fourth-order valence-corrected chi connectivity index (χ4v) is 8.74. The Hall–Kier alpha value is -4.22. The number of nitrogens with one attached hydrogen (secondary N) is 2. The van der Waals surface area contributed by atoms with Crippen LogP contribution in [0.3, 0.4) is 0 Å². The minimum absolute atomic E-state index is 0.0378. The van der Waals surface area contributed by atoms with Crippen LogP contribution in [0.5, 0.6) is 5.75 Å². The number of hydrogen-bond donors (Lipinski definition) is 3. The average molecular weight is 890 g/mol. The number of amides is 2. The third kappa shape index (κ3) is 16.2. The number of alkyl carbamates (subject to hydrolysis) is 2. The minimum atomic E-state index is -0.743. The Kier molecular flexibility index (Phi) is 17.3. The maximum atomic E-state index is 13.1. The maximum absolute atomic E-state index is 13.1. The van der Waals surface area contributed by atoms with E-state index < -0.39 is 12.2 Å². The summed E-state index contributed by atoms with van der Waals surface area (Å²) in [6.45, 7) is 35.1. The van der Waals surface area contributed by atoms with Gasteiger partial charge in [0, 0.05) is 11.4 Å². The van der Waals surface area contributed by atoms with Crippen molar-refractivity contribution in [2.45, 2.75) is 165 Å². The number of aromatic hydroxyl groups is 1. The predicted octanol–water partition coefficient (Wildman–Crippen LogP) is 13.6. The topological polar surface area (TPSA) is 109 Å². The summed E-state index contributed by atoms with van der Waals surface area (Å²) in [7, 11) is 0. The van der Waals surface area contributed by atoms with Crippen molar-refractivity contribution in [2.75, 3.05) is 18.1 Å². The van der Waals surface area contributed by atoms with E-state index in [1.165, 1.54) is 11.1 Å². The summed E-state index contributed by atoms with van der Waals surface area (Å²) in [5.41, 5.74) is 6.19. The van der Waals surface area contributed by atoms with Gasteiger partial charge in [-0.15, -0.1) is 0 Å². The van der Waals surface area contributed by atoms with Gasteiger partial charge in [0.15, 0.2) is 5.11 Å². The molecule has 2 amide bonds. The summed E-state index contributed by atoms with van der Waals surface area (Å²) in [5, 5.41) is 16.3. The molecule has 0 fully saturated rings. The lowest BCUT2D eigenvalue weighted by Gasteiger charge is -2.34. The number of nitrogens with zero attached hydrogens (tertiary/aromatic N) is 1. The lowest BCUT2D eigenvalue weighted by Crippen LogP contribution is -2.40. The molecule has 0 saturated carbocycles. The molecule has 0 unspecified atom stereocenters. The maximum Gasteiger partial charge on any atom is 0.414 e. The smallest absolute Gasteiger partial charge is 0.414 e. The summed E-state index contributed by atoms with van der Waals surface area (Å²) in [6.07, 6.45) is 1.51. The average Bonchev–Trinajstić information content (AvgIpc) is 3.10. The first-order valence-electron chi connectivity index (χ1n) is 21.8. The summed E-state index contributed by atoms with van der Waals surface area (Å²) in [4.78, 5) is 27.3. The van der Waals surface area contributed by atoms with E-state index >= 15 is 0 Å². The molecule has 3 aromatic carbocycles. The molecule has 0 aliphatic rings. The molecule has 0 aliphatic carbocycles. The van der Waals surface area contributed by atoms with Crippen LogP contribution >= 0.6 is 24.4 Å². The molecule has 9 nitrogen and oxygen atoms in total. The van der Waals surface area contributed by atoms with Gasteiger partial charge in [-0.25, -0.2) is 9.59 Å². The lowest BCUT2D eigenvalue weighted by atomic mass is 9.72. The number of benzene rings is 3. The number of thiocarbonyl (C=S) groups is 2. The summed E-state index contributed by atoms with van der Waals surface area (Å²) < 4.78 is 16.4. The van der Waals surface area contributed by atoms with Crippen LogP contribution in [0.2, 0.25) is 0 Å². The zero-order valence-corrected chi connectivity index (χ0v) is 42.1. The van der Waals surface area contributed by atoms with Crippen molar-refractivity contribution in [3.63, 3.8) is 0 Å². The third-order valence-corrected chi connectivity index (χ3v) is 11.0. The van der Waals surface area contributed by atoms with Gasteiger partial charge in [-0.2, -0.15) is 0 Å². The van der Waals surface area contributed by atoms with Gasteiger partial charge in [0.25, 0.3) is 5.17 Å². The fraction of sp³-hybridized carbons (Fsp3) is 0.569. The molecule has 0 aliphatic heterocycles. The molecule has 0 saturated heterocycles. The van der Waals surface area contributed by atoms with E-state index in [-0.39, 0.29) is 68.3 Å². The second-order valence-electron chi connectivity index (χ2n) is 22.3. The number of hydrogen-bond acceptors (Lipinski definition) is 8. The second-order valence-corrected chi connectivity index (χ2v) is 23.1. The van der Waals surface area contributed by atoms with Crippen LogP contribution in [0.25, 0.3) is 0 Å². The number of phenols is 1. The zero-order valence-electron chi connectivity index (χ0n) is 40.5. The Morgan fingerprint density at radius 3 is 1.31 bits per heavy atom. The largest absolute Gasteiger partial charge is 0.507 e. The molecule has 3 rings (SSSR count). The predicted molar refractivity (Wildman–Crippen MR) is 263 cm³/mol. The molecule has 0 atom stereocenters. The first kappa shape index (κ1) is 52.1. The van der Waals surface area contributed by atoms with E-state index in [1.807, 2.05) is 82.8 Å². The van der Waals surface area contributed by atoms with E-state index in [0.29, 0.717) is 12.8 Å². The Balaban J connectivity index is 1.58. The normalized spacial score (nSPS) is 12.6. The van der Waals surface area contributed by atoms with Crippen molar-refractivity contribution in [1.82, 2.24) is 10.6 Å². The molecule has 11 heteroatoms. The van der Waals surface area contributed by atoms with Crippen molar-refractivity contribution in [3.05, 3.63) is 88.5 Å². The molecule has 0 heterocycles. The van der Waals surface area contributed by atoms with Gasteiger partial charge < -0.3 is 19.3 Å². The van der Waals surface area contributed by atoms with Gasteiger partial charge in [-0.3, -0.25) is 15.5 Å². The fourth-order valence-electron chi connectivity index (χ4n) is 8.30.